The molecular weight excluding hydrogens is 284 g/mol. The van der Waals surface area contributed by atoms with Crippen molar-refractivity contribution in [1.29, 1.82) is 0 Å². The number of amides is 1. The van der Waals surface area contributed by atoms with Gasteiger partial charge >= 0.3 is 0 Å². The molecule has 1 amide bonds. The van der Waals surface area contributed by atoms with Crippen molar-refractivity contribution in [3.63, 3.8) is 0 Å². The number of pyridine rings is 1. The molecule has 6 heteroatoms. The number of thiophene rings is 1. The fourth-order valence-electron chi connectivity index (χ4n) is 2.65. The van der Waals surface area contributed by atoms with Crippen LogP contribution in [0, 0.1) is 0 Å². The van der Waals surface area contributed by atoms with E-state index in [0.717, 1.165) is 27.3 Å². The Balaban J connectivity index is 2.03. The zero-order valence-electron chi connectivity index (χ0n) is 11.0. The molecule has 1 aliphatic rings. The maximum Gasteiger partial charge on any atom is 0.261 e. The van der Waals surface area contributed by atoms with Crippen LogP contribution in [0.15, 0.2) is 42.6 Å². The summed E-state index contributed by atoms with van der Waals surface area (Å²) in [5, 5.41) is 4.33. The number of primary amides is 1. The van der Waals surface area contributed by atoms with E-state index in [1.165, 1.54) is 11.3 Å². The van der Waals surface area contributed by atoms with E-state index in [9.17, 15) is 4.79 Å². The summed E-state index contributed by atoms with van der Waals surface area (Å²) in [5.41, 5.74) is 8.43. The molecule has 0 saturated heterocycles. The van der Waals surface area contributed by atoms with Crippen LogP contribution in [0.25, 0.3) is 10.2 Å². The monoisotopic (exact) mass is 296 g/mol. The van der Waals surface area contributed by atoms with Crippen LogP contribution >= 0.6 is 11.3 Å². The summed E-state index contributed by atoms with van der Waals surface area (Å²) < 4.78 is 0. The number of carbonyl (C=O) groups is 1. The summed E-state index contributed by atoms with van der Waals surface area (Å²) in [6.45, 7) is 0.590. The van der Waals surface area contributed by atoms with Crippen LogP contribution in [0.1, 0.15) is 9.67 Å². The molecule has 3 heterocycles. The van der Waals surface area contributed by atoms with Crippen molar-refractivity contribution in [1.82, 2.24) is 4.98 Å². The molecule has 1 aromatic carbocycles. The zero-order chi connectivity index (χ0) is 14.4. The predicted octanol–water partition coefficient (Wildman–Crippen LogP) is 2.92. The van der Waals surface area contributed by atoms with E-state index >= 15 is 0 Å². The Bertz CT molecular complexity index is 844. The Kier molecular flexibility index (Phi) is 2.58. The second-order valence-electron chi connectivity index (χ2n) is 4.78. The van der Waals surface area contributed by atoms with Crippen LogP contribution in [0.3, 0.4) is 0 Å². The summed E-state index contributed by atoms with van der Waals surface area (Å²) in [6, 6.07) is 11.9. The van der Waals surface area contributed by atoms with Crippen molar-refractivity contribution in [2.45, 2.75) is 0 Å². The van der Waals surface area contributed by atoms with Gasteiger partial charge in [0.05, 0.1) is 17.7 Å². The van der Waals surface area contributed by atoms with Crippen molar-refractivity contribution in [3.8, 4) is 0 Å². The number of nitrogens with one attached hydrogen (secondary N) is 1. The number of carbonyl (C=O) groups excluding carboxylic acids is 1. The normalized spacial score (nSPS) is 13.2. The van der Waals surface area contributed by atoms with Gasteiger partial charge in [0.1, 0.15) is 9.71 Å². The predicted molar refractivity (Wildman–Crippen MR) is 85.2 cm³/mol. The number of hydrogen-bond donors (Lipinski definition) is 2. The largest absolute Gasteiger partial charge is 0.367 e. The number of anilines is 3. The van der Waals surface area contributed by atoms with Crippen LogP contribution in [0.2, 0.25) is 0 Å². The van der Waals surface area contributed by atoms with Crippen LogP contribution in [-0.4, -0.2) is 17.6 Å². The lowest BCUT2D eigenvalue weighted by Gasteiger charge is -2.30. The lowest BCUT2D eigenvalue weighted by Crippen LogP contribution is -2.29. The average molecular weight is 296 g/mol. The molecule has 0 atom stereocenters. The second-order valence-corrected chi connectivity index (χ2v) is 5.78. The lowest BCUT2D eigenvalue weighted by atomic mass is 10.1. The van der Waals surface area contributed by atoms with E-state index < -0.39 is 5.91 Å². The smallest absolute Gasteiger partial charge is 0.261 e. The molecule has 2 aromatic heterocycles. The first-order valence-electron chi connectivity index (χ1n) is 6.53. The number of benzene rings is 1. The molecule has 0 spiro atoms. The van der Waals surface area contributed by atoms with Crippen LogP contribution in [0.5, 0.6) is 0 Å². The minimum atomic E-state index is -0.415. The Morgan fingerprint density at radius 1 is 1.29 bits per heavy atom. The molecule has 104 valence electrons. The first-order chi connectivity index (χ1) is 10.3. The number of para-hydroxylation sites is 1. The third kappa shape index (κ3) is 1.76. The maximum absolute atomic E-state index is 11.8. The van der Waals surface area contributed by atoms with E-state index in [1.807, 2.05) is 36.4 Å². The molecule has 4 rings (SSSR count). The zero-order valence-corrected chi connectivity index (χ0v) is 11.9. The summed E-state index contributed by atoms with van der Waals surface area (Å²) in [5.74, 6) is -0.415. The fourth-order valence-corrected chi connectivity index (χ4v) is 3.68. The van der Waals surface area contributed by atoms with Gasteiger partial charge in [0.25, 0.3) is 5.91 Å². The summed E-state index contributed by atoms with van der Waals surface area (Å²) in [6.07, 6.45) is 1.74. The SMILES string of the molecule is NC(=O)c1sc2nccc3c2c1N(c1ccccc1)CN3. The molecule has 0 unspecified atom stereocenters. The van der Waals surface area contributed by atoms with E-state index in [1.54, 1.807) is 6.20 Å². The Morgan fingerprint density at radius 2 is 2.10 bits per heavy atom. The quantitative estimate of drug-likeness (QED) is 0.762. The minimum absolute atomic E-state index is 0.415. The topological polar surface area (TPSA) is 71.2 Å². The third-order valence-corrected chi connectivity index (χ3v) is 4.66. The van der Waals surface area contributed by atoms with Crippen molar-refractivity contribution >= 4 is 44.5 Å². The average Bonchev–Trinajstić information content (AvgIpc) is 2.91. The maximum atomic E-state index is 11.8. The molecule has 21 heavy (non-hydrogen) atoms. The van der Waals surface area contributed by atoms with Crippen LogP contribution < -0.4 is 16.0 Å². The van der Waals surface area contributed by atoms with Gasteiger partial charge in [-0.15, -0.1) is 11.3 Å². The van der Waals surface area contributed by atoms with E-state index in [2.05, 4.69) is 15.2 Å². The number of nitrogens with zero attached hydrogens (tertiary/aromatic N) is 2. The molecule has 0 aliphatic carbocycles. The minimum Gasteiger partial charge on any atom is -0.367 e. The standard InChI is InChI=1S/C15H12N4OS/c16-14(20)13-12-11-10(6-7-17-15(11)21-13)18-8-19(12)9-4-2-1-3-5-9/h1-7,18H,8H2,(H2,16,20). The van der Waals surface area contributed by atoms with Gasteiger partial charge in [0.15, 0.2) is 0 Å². The molecule has 0 fully saturated rings. The van der Waals surface area contributed by atoms with Crippen molar-refractivity contribution in [3.05, 3.63) is 47.5 Å². The number of rotatable bonds is 2. The van der Waals surface area contributed by atoms with Crippen molar-refractivity contribution < 1.29 is 4.79 Å². The van der Waals surface area contributed by atoms with Gasteiger partial charge in [0.2, 0.25) is 0 Å². The highest BCUT2D eigenvalue weighted by atomic mass is 32.1. The molecule has 0 bridgehead atoms. The number of aromatic nitrogens is 1. The van der Waals surface area contributed by atoms with E-state index in [0.29, 0.717) is 11.5 Å². The first-order valence-corrected chi connectivity index (χ1v) is 7.35. The Hall–Kier alpha value is -2.60. The van der Waals surface area contributed by atoms with Crippen LogP contribution in [0.4, 0.5) is 17.1 Å². The van der Waals surface area contributed by atoms with Crippen molar-refractivity contribution in [2.75, 3.05) is 16.9 Å². The molecule has 0 saturated carbocycles. The lowest BCUT2D eigenvalue weighted by molar-refractivity contribution is 0.100. The first kappa shape index (κ1) is 12.2. The molecule has 3 N–H and O–H groups in total. The Labute approximate surface area is 125 Å². The highest BCUT2D eigenvalue weighted by Crippen LogP contribution is 2.45. The van der Waals surface area contributed by atoms with Crippen molar-refractivity contribution in [2.24, 2.45) is 5.73 Å². The van der Waals surface area contributed by atoms with Gasteiger partial charge in [-0.05, 0) is 18.2 Å². The molecule has 5 nitrogen and oxygen atoms in total. The second kappa shape index (κ2) is 4.46. The van der Waals surface area contributed by atoms with Gasteiger partial charge in [0, 0.05) is 17.6 Å². The van der Waals surface area contributed by atoms with E-state index in [-0.39, 0.29) is 0 Å². The summed E-state index contributed by atoms with van der Waals surface area (Å²) in [4.78, 5) is 19.6. The summed E-state index contributed by atoms with van der Waals surface area (Å²) in [7, 11) is 0. The molecule has 1 aliphatic heterocycles. The van der Waals surface area contributed by atoms with Gasteiger partial charge in [-0.25, -0.2) is 4.98 Å². The van der Waals surface area contributed by atoms with E-state index in [4.69, 9.17) is 5.73 Å². The van der Waals surface area contributed by atoms with Gasteiger partial charge in [-0.2, -0.15) is 0 Å². The number of nitrogens with two attached hydrogens (primary N) is 1. The molecule has 3 aromatic rings. The highest BCUT2D eigenvalue weighted by molar-refractivity contribution is 7.21. The fraction of sp³-hybridized carbons (Fsp3) is 0.0667. The number of hydrogen-bond acceptors (Lipinski definition) is 5. The molecule has 0 radical (unpaired) electrons. The van der Waals surface area contributed by atoms with Gasteiger partial charge in [-0.1, -0.05) is 18.2 Å². The Morgan fingerprint density at radius 3 is 2.86 bits per heavy atom. The van der Waals surface area contributed by atoms with Gasteiger partial charge in [-0.3, -0.25) is 4.79 Å². The molecular formula is C15H12N4OS. The third-order valence-electron chi connectivity index (χ3n) is 3.56. The van der Waals surface area contributed by atoms with Gasteiger partial charge < -0.3 is 16.0 Å². The van der Waals surface area contributed by atoms with Crippen LogP contribution in [-0.2, 0) is 0 Å². The highest BCUT2D eigenvalue weighted by Gasteiger charge is 2.28. The summed E-state index contributed by atoms with van der Waals surface area (Å²) >= 11 is 1.34.